The van der Waals surface area contributed by atoms with Crippen molar-refractivity contribution in [2.45, 2.75) is 269 Å². The Bertz CT molecular complexity index is 1180. The minimum atomic E-state index is -1.58. The standard InChI is InChI=1S/C55H99NO8/c1-3-5-7-9-11-13-15-17-19-21-23-25-27-29-31-33-35-37-39-41-43-45-51(59)56-48(47-63-55-54(62)53(61)52(60)50(46-57)64-55)49(58)44-42-40-38-36-34-32-30-28-26-24-22-20-18-16-14-12-10-8-6-4-2/h5,7,11,13,26,28,34,36,42,44,48-50,52-55,57-58,60-62H,3-4,6,8-10,12,14-25,27,29-33,35,37-41,43,45-47H2,1-2H3,(H,56,59)/b7-5-,13-11-,28-26+,36-34+,44-42+. The highest BCUT2D eigenvalue weighted by atomic mass is 16.7. The third kappa shape index (κ3) is 34.2. The predicted octanol–water partition coefficient (Wildman–Crippen LogP) is 12.3. The van der Waals surface area contributed by atoms with Gasteiger partial charge in [0, 0.05) is 6.42 Å². The van der Waals surface area contributed by atoms with Crippen molar-refractivity contribution in [2.24, 2.45) is 0 Å². The van der Waals surface area contributed by atoms with Gasteiger partial charge in [-0.05, 0) is 70.6 Å². The van der Waals surface area contributed by atoms with Gasteiger partial charge in [-0.2, -0.15) is 0 Å². The average molecular weight is 902 g/mol. The summed E-state index contributed by atoms with van der Waals surface area (Å²) in [6, 6.07) is -0.829. The van der Waals surface area contributed by atoms with E-state index in [1.165, 1.54) is 148 Å². The molecule has 1 rings (SSSR count). The van der Waals surface area contributed by atoms with E-state index < -0.39 is 49.5 Å². The zero-order valence-electron chi connectivity index (χ0n) is 41.0. The molecule has 1 fully saturated rings. The molecule has 0 aromatic carbocycles. The molecule has 1 aliphatic heterocycles. The maximum Gasteiger partial charge on any atom is 0.220 e. The summed E-state index contributed by atoms with van der Waals surface area (Å²) in [4.78, 5) is 13.0. The highest BCUT2D eigenvalue weighted by molar-refractivity contribution is 5.76. The van der Waals surface area contributed by atoms with Gasteiger partial charge in [-0.3, -0.25) is 4.79 Å². The van der Waals surface area contributed by atoms with Crippen LogP contribution in [-0.2, 0) is 14.3 Å². The lowest BCUT2D eigenvalue weighted by Crippen LogP contribution is -2.60. The van der Waals surface area contributed by atoms with Gasteiger partial charge in [0.15, 0.2) is 6.29 Å². The van der Waals surface area contributed by atoms with E-state index in [9.17, 15) is 30.3 Å². The fourth-order valence-corrected chi connectivity index (χ4v) is 8.11. The SMILES string of the molecule is CC/C=C\C/C=C\CCCCCCCCCCCCCCCCC(=O)NC(COC1OC(CO)C(O)C(O)C1O)C(O)/C=C/CC/C=C/CC/C=C/CCCCCCCCCCCC. The molecule has 0 aliphatic carbocycles. The van der Waals surface area contributed by atoms with E-state index in [4.69, 9.17) is 9.47 Å². The van der Waals surface area contributed by atoms with E-state index in [1.54, 1.807) is 6.08 Å². The Morgan fingerprint density at radius 1 is 0.547 bits per heavy atom. The third-order valence-electron chi connectivity index (χ3n) is 12.3. The van der Waals surface area contributed by atoms with Gasteiger partial charge < -0.3 is 40.3 Å². The van der Waals surface area contributed by atoms with Gasteiger partial charge in [0.2, 0.25) is 5.91 Å². The van der Waals surface area contributed by atoms with Crippen LogP contribution in [0.1, 0.15) is 226 Å². The zero-order chi connectivity index (χ0) is 46.6. The second-order valence-electron chi connectivity index (χ2n) is 18.3. The first-order valence-electron chi connectivity index (χ1n) is 26.5. The molecule has 0 spiro atoms. The van der Waals surface area contributed by atoms with Crippen molar-refractivity contribution in [2.75, 3.05) is 13.2 Å². The van der Waals surface area contributed by atoms with Crippen LogP contribution in [0.5, 0.6) is 0 Å². The quantitative estimate of drug-likeness (QED) is 0.0262. The molecule has 0 bridgehead atoms. The van der Waals surface area contributed by atoms with Crippen molar-refractivity contribution in [1.82, 2.24) is 5.32 Å². The Kier molecular flexibility index (Phi) is 41.9. The van der Waals surface area contributed by atoms with Crippen LogP contribution in [0.3, 0.4) is 0 Å². The largest absolute Gasteiger partial charge is 0.394 e. The van der Waals surface area contributed by atoms with E-state index >= 15 is 0 Å². The van der Waals surface area contributed by atoms with Crippen molar-refractivity contribution in [1.29, 1.82) is 0 Å². The van der Waals surface area contributed by atoms with Crippen molar-refractivity contribution in [3.8, 4) is 0 Å². The second-order valence-corrected chi connectivity index (χ2v) is 18.3. The fraction of sp³-hybridized carbons (Fsp3) is 0.800. The molecule has 0 radical (unpaired) electrons. The van der Waals surface area contributed by atoms with Gasteiger partial charge >= 0.3 is 0 Å². The summed E-state index contributed by atoms with van der Waals surface area (Å²) in [5, 5.41) is 54.4. The van der Waals surface area contributed by atoms with Crippen LogP contribution >= 0.6 is 0 Å². The highest BCUT2D eigenvalue weighted by Crippen LogP contribution is 2.23. The Morgan fingerprint density at radius 2 is 0.984 bits per heavy atom. The number of rotatable bonds is 44. The Morgan fingerprint density at radius 3 is 1.48 bits per heavy atom. The first kappa shape index (κ1) is 59.9. The summed E-state index contributed by atoms with van der Waals surface area (Å²) >= 11 is 0. The number of carbonyl (C=O) groups excluding carboxylic acids is 1. The molecule has 0 aromatic heterocycles. The number of hydrogen-bond acceptors (Lipinski definition) is 8. The summed E-state index contributed by atoms with van der Waals surface area (Å²) < 4.78 is 11.2. The summed E-state index contributed by atoms with van der Waals surface area (Å²) in [6.45, 7) is 3.66. The maximum absolute atomic E-state index is 13.0. The zero-order valence-corrected chi connectivity index (χ0v) is 41.0. The normalized spacial score (nSPS) is 20.5. The minimum Gasteiger partial charge on any atom is -0.394 e. The number of amides is 1. The second kappa shape index (κ2) is 44.7. The van der Waals surface area contributed by atoms with E-state index in [-0.39, 0.29) is 12.5 Å². The summed E-state index contributed by atoms with van der Waals surface area (Å²) in [7, 11) is 0. The van der Waals surface area contributed by atoms with Crippen molar-refractivity contribution >= 4 is 5.91 Å². The molecule has 0 aromatic rings. The summed E-state index contributed by atoms with van der Waals surface area (Å²) in [6.07, 6.45) is 52.7. The van der Waals surface area contributed by atoms with Crippen LogP contribution in [-0.4, -0.2) is 87.5 Å². The monoisotopic (exact) mass is 902 g/mol. The highest BCUT2D eigenvalue weighted by Gasteiger charge is 2.44. The molecular formula is C55H99NO8. The average Bonchev–Trinajstić information content (AvgIpc) is 3.29. The lowest BCUT2D eigenvalue weighted by atomic mass is 9.99. The molecule has 372 valence electrons. The molecule has 1 saturated heterocycles. The van der Waals surface area contributed by atoms with E-state index in [0.29, 0.717) is 6.42 Å². The molecule has 1 amide bonds. The first-order chi connectivity index (χ1) is 31.3. The van der Waals surface area contributed by atoms with Gasteiger partial charge in [0.1, 0.15) is 24.4 Å². The molecular weight excluding hydrogens is 803 g/mol. The molecule has 9 nitrogen and oxygen atoms in total. The smallest absolute Gasteiger partial charge is 0.220 e. The molecule has 9 heteroatoms. The number of ether oxygens (including phenoxy) is 2. The van der Waals surface area contributed by atoms with Crippen molar-refractivity contribution in [3.05, 3.63) is 60.8 Å². The lowest BCUT2D eigenvalue weighted by molar-refractivity contribution is -0.302. The van der Waals surface area contributed by atoms with Gasteiger partial charge in [-0.15, -0.1) is 0 Å². The van der Waals surface area contributed by atoms with Crippen LogP contribution < -0.4 is 5.32 Å². The van der Waals surface area contributed by atoms with Crippen molar-refractivity contribution < 1.29 is 39.8 Å². The van der Waals surface area contributed by atoms with Crippen LogP contribution in [0, 0.1) is 0 Å². The van der Waals surface area contributed by atoms with E-state index in [0.717, 1.165) is 57.8 Å². The summed E-state index contributed by atoms with van der Waals surface area (Å²) in [5.74, 6) is -0.192. The Balaban J connectivity index is 2.31. The van der Waals surface area contributed by atoms with Crippen LogP contribution in [0.2, 0.25) is 0 Å². The number of aliphatic hydroxyl groups is 5. The molecule has 1 heterocycles. The number of carbonyl (C=O) groups is 1. The third-order valence-corrected chi connectivity index (χ3v) is 12.3. The number of nitrogens with one attached hydrogen (secondary N) is 1. The first-order valence-corrected chi connectivity index (χ1v) is 26.5. The Labute approximate surface area is 392 Å². The lowest BCUT2D eigenvalue weighted by Gasteiger charge is -2.40. The molecule has 7 atom stereocenters. The number of unbranched alkanes of at least 4 members (excludes halogenated alkanes) is 26. The van der Waals surface area contributed by atoms with Gasteiger partial charge in [-0.1, -0.05) is 209 Å². The van der Waals surface area contributed by atoms with Crippen LogP contribution in [0.25, 0.3) is 0 Å². The fourth-order valence-electron chi connectivity index (χ4n) is 8.11. The molecule has 1 aliphatic rings. The number of hydrogen-bond donors (Lipinski definition) is 6. The Hall–Kier alpha value is -2.11. The van der Waals surface area contributed by atoms with Gasteiger partial charge in [0.05, 0.1) is 25.4 Å². The van der Waals surface area contributed by atoms with Gasteiger partial charge in [-0.25, -0.2) is 0 Å². The number of aliphatic hydroxyl groups excluding tert-OH is 5. The summed E-state index contributed by atoms with van der Waals surface area (Å²) in [5.41, 5.74) is 0. The topological polar surface area (TPSA) is 149 Å². The molecule has 0 saturated carbocycles. The van der Waals surface area contributed by atoms with Crippen LogP contribution in [0.15, 0.2) is 60.8 Å². The minimum absolute atomic E-state index is 0.192. The van der Waals surface area contributed by atoms with Crippen LogP contribution in [0.4, 0.5) is 0 Å². The van der Waals surface area contributed by atoms with E-state index in [1.807, 2.05) is 6.08 Å². The molecule has 6 N–H and O–H groups in total. The predicted molar refractivity (Wildman–Crippen MR) is 267 cm³/mol. The van der Waals surface area contributed by atoms with Gasteiger partial charge in [0.25, 0.3) is 0 Å². The molecule has 7 unspecified atom stereocenters. The van der Waals surface area contributed by atoms with Crippen molar-refractivity contribution in [3.63, 3.8) is 0 Å². The molecule has 64 heavy (non-hydrogen) atoms. The van der Waals surface area contributed by atoms with E-state index in [2.05, 4.69) is 67.8 Å². The maximum atomic E-state index is 13.0. The number of allylic oxidation sites excluding steroid dienone is 9.